The molecule has 2 aliphatic heterocycles. The van der Waals surface area contributed by atoms with Crippen LogP contribution >= 0.6 is 0 Å². The van der Waals surface area contributed by atoms with Crippen molar-refractivity contribution in [2.24, 2.45) is 5.41 Å². The molecule has 1 aromatic rings. The predicted octanol–water partition coefficient (Wildman–Crippen LogP) is 1.58. The zero-order chi connectivity index (χ0) is 21.8. The van der Waals surface area contributed by atoms with Crippen LogP contribution in [0.1, 0.15) is 25.8 Å². The van der Waals surface area contributed by atoms with Crippen molar-refractivity contribution in [2.75, 3.05) is 33.5 Å². The smallest absolute Gasteiger partial charge is 0.331 e. The Hall–Kier alpha value is -1.97. The maximum atomic E-state index is 11.3. The second kappa shape index (κ2) is 9.45. The summed E-state index contributed by atoms with van der Waals surface area (Å²) in [7, 11) is 1.61. The summed E-state index contributed by atoms with van der Waals surface area (Å²) >= 11 is 0. The Kier molecular flexibility index (Phi) is 7.15. The number of methoxy groups -OCH3 is 1. The maximum Gasteiger partial charge on any atom is 0.331 e. The van der Waals surface area contributed by atoms with Crippen LogP contribution in [-0.4, -0.2) is 67.7 Å². The molecule has 0 unspecified atom stereocenters. The number of aliphatic hydroxyl groups excluding tert-OH is 2. The first kappa shape index (κ1) is 22.7. The second-order valence-electron chi connectivity index (χ2n) is 8.27. The topological polar surface area (TPSA) is 104 Å². The van der Waals surface area contributed by atoms with Crippen molar-refractivity contribution in [3.63, 3.8) is 0 Å². The molecule has 2 atom stereocenters. The SMILES string of the molecule is COc1ccc(COCC2([C@H](O)C[C@H](O)C3=CC(=O)OC3)COC(C)(C)OC2)cc1. The van der Waals surface area contributed by atoms with E-state index in [2.05, 4.69) is 0 Å². The van der Waals surface area contributed by atoms with Gasteiger partial charge in [0.25, 0.3) is 0 Å². The second-order valence-corrected chi connectivity index (χ2v) is 8.27. The summed E-state index contributed by atoms with van der Waals surface area (Å²) < 4.78 is 27.5. The van der Waals surface area contributed by atoms with E-state index in [0.717, 1.165) is 11.3 Å². The van der Waals surface area contributed by atoms with E-state index in [1.165, 1.54) is 6.08 Å². The number of cyclic esters (lactones) is 1. The van der Waals surface area contributed by atoms with E-state index in [1.807, 2.05) is 38.1 Å². The van der Waals surface area contributed by atoms with Crippen LogP contribution in [-0.2, 0) is 30.3 Å². The van der Waals surface area contributed by atoms with Crippen molar-refractivity contribution >= 4 is 5.97 Å². The lowest BCUT2D eigenvalue weighted by Gasteiger charge is -2.46. The molecule has 0 spiro atoms. The van der Waals surface area contributed by atoms with Gasteiger partial charge in [0.05, 0.1) is 51.2 Å². The van der Waals surface area contributed by atoms with Crippen LogP contribution in [0.15, 0.2) is 35.9 Å². The van der Waals surface area contributed by atoms with Gasteiger partial charge in [0.1, 0.15) is 12.4 Å². The van der Waals surface area contributed by atoms with Gasteiger partial charge in [-0.2, -0.15) is 0 Å². The summed E-state index contributed by atoms with van der Waals surface area (Å²) in [6, 6.07) is 7.53. The van der Waals surface area contributed by atoms with Gasteiger partial charge in [-0.3, -0.25) is 0 Å². The highest BCUT2D eigenvalue weighted by Gasteiger charge is 2.46. The van der Waals surface area contributed by atoms with Crippen molar-refractivity contribution in [3.8, 4) is 5.75 Å². The minimum Gasteiger partial charge on any atom is -0.497 e. The van der Waals surface area contributed by atoms with Gasteiger partial charge in [0.2, 0.25) is 0 Å². The molecule has 0 saturated carbocycles. The lowest BCUT2D eigenvalue weighted by Crippen LogP contribution is -2.55. The van der Waals surface area contributed by atoms with Gasteiger partial charge in [0.15, 0.2) is 5.79 Å². The lowest BCUT2D eigenvalue weighted by atomic mass is 9.80. The van der Waals surface area contributed by atoms with Crippen LogP contribution in [0.3, 0.4) is 0 Å². The van der Waals surface area contributed by atoms with Gasteiger partial charge in [-0.15, -0.1) is 0 Å². The number of esters is 1. The Balaban J connectivity index is 1.64. The summed E-state index contributed by atoms with van der Waals surface area (Å²) in [4.78, 5) is 11.3. The number of benzene rings is 1. The highest BCUT2D eigenvalue weighted by Crippen LogP contribution is 2.36. The first-order valence-corrected chi connectivity index (χ1v) is 9.95. The van der Waals surface area contributed by atoms with Crippen molar-refractivity contribution < 1.29 is 38.7 Å². The zero-order valence-electron chi connectivity index (χ0n) is 17.6. The van der Waals surface area contributed by atoms with Crippen LogP contribution < -0.4 is 4.74 Å². The summed E-state index contributed by atoms with van der Waals surface area (Å²) in [5, 5.41) is 21.4. The van der Waals surface area contributed by atoms with E-state index in [9.17, 15) is 15.0 Å². The molecule has 8 heteroatoms. The van der Waals surface area contributed by atoms with Crippen LogP contribution in [0.4, 0.5) is 0 Å². The van der Waals surface area contributed by atoms with Crippen LogP contribution in [0, 0.1) is 5.41 Å². The quantitative estimate of drug-likeness (QED) is 0.578. The average Bonchev–Trinajstić information content (AvgIpc) is 3.16. The number of carbonyl (C=O) groups excluding carboxylic acids is 1. The standard InChI is InChI=1S/C22H30O8/c1-21(2)29-13-22(14-30-21,12-27-10-15-4-6-17(26-3)7-5-15)19(24)9-18(23)16-8-20(25)28-11-16/h4-8,18-19,23-24H,9-14H2,1-3H3/t18-,19+/m0/s1. The molecule has 30 heavy (non-hydrogen) atoms. The fourth-order valence-corrected chi connectivity index (χ4v) is 3.38. The molecule has 2 aliphatic rings. The summed E-state index contributed by atoms with van der Waals surface area (Å²) in [6.45, 7) is 4.60. The number of rotatable bonds is 9. The maximum absolute atomic E-state index is 11.3. The summed E-state index contributed by atoms with van der Waals surface area (Å²) in [5.41, 5.74) is 0.559. The van der Waals surface area contributed by atoms with Crippen molar-refractivity contribution in [1.29, 1.82) is 0 Å². The van der Waals surface area contributed by atoms with Crippen LogP contribution in [0.5, 0.6) is 5.75 Å². The Bertz CT molecular complexity index is 745. The number of carbonyl (C=O) groups is 1. The molecule has 1 fully saturated rings. The van der Waals surface area contributed by atoms with E-state index in [0.29, 0.717) is 12.2 Å². The molecular formula is C22H30O8. The third kappa shape index (κ3) is 5.59. The average molecular weight is 422 g/mol. The molecule has 0 aliphatic carbocycles. The third-order valence-electron chi connectivity index (χ3n) is 5.50. The van der Waals surface area contributed by atoms with E-state index in [1.54, 1.807) is 7.11 Å². The molecule has 0 bridgehead atoms. The first-order chi connectivity index (χ1) is 14.2. The molecule has 0 radical (unpaired) electrons. The van der Waals surface area contributed by atoms with E-state index >= 15 is 0 Å². The van der Waals surface area contributed by atoms with E-state index in [-0.39, 0.29) is 32.8 Å². The van der Waals surface area contributed by atoms with Gasteiger partial charge in [-0.05, 0) is 31.5 Å². The Labute approximate surface area is 176 Å². The number of hydrogen-bond acceptors (Lipinski definition) is 8. The minimum absolute atomic E-state index is 0.0154. The monoisotopic (exact) mass is 422 g/mol. The van der Waals surface area contributed by atoms with Gasteiger partial charge in [0, 0.05) is 18.1 Å². The van der Waals surface area contributed by atoms with Crippen LogP contribution in [0.2, 0.25) is 0 Å². The van der Waals surface area contributed by atoms with Gasteiger partial charge in [-0.1, -0.05) is 12.1 Å². The van der Waals surface area contributed by atoms with Crippen molar-refractivity contribution in [2.45, 2.75) is 44.9 Å². The number of hydrogen-bond donors (Lipinski definition) is 2. The molecule has 1 aromatic carbocycles. The van der Waals surface area contributed by atoms with E-state index in [4.69, 9.17) is 23.7 Å². The number of aliphatic hydroxyl groups is 2. The first-order valence-electron chi connectivity index (χ1n) is 9.95. The minimum atomic E-state index is -1.00. The lowest BCUT2D eigenvalue weighted by molar-refractivity contribution is -0.308. The Morgan fingerprint density at radius 1 is 1.13 bits per heavy atom. The third-order valence-corrected chi connectivity index (χ3v) is 5.50. The normalized spacial score (nSPS) is 22.2. The van der Waals surface area contributed by atoms with Crippen molar-refractivity contribution in [3.05, 3.63) is 41.5 Å². The van der Waals surface area contributed by atoms with Gasteiger partial charge in [-0.25, -0.2) is 4.79 Å². The fourth-order valence-electron chi connectivity index (χ4n) is 3.38. The van der Waals surface area contributed by atoms with Gasteiger partial charge >= 0.3 is 5.97 Å². The molecule has 0 aromatic heterocycles. The molecule has 3 rings (SSSR count). The van der Waals surface area contributed by atoms with Gasteiger partial charge < -0.3 is 33.9 Å². The largest absolute Gasteiger partial charge is 0.497 e. The summed E-state index contributed by atoms with van der Waals surface area (Å²) in [5.74, 6) is -0.478. The van der Waals surface area contributed by atoms with Crippen molar-refractivity contribution in [1.82, 2.24) is 0 Å². The highest BCUT2D eigenvalue weighted by molar-refractivity contribution is 5.85. The van der Waals surface area contributed by atoms with E-state index < -0.39 is 29.4 Å². The molecule has 2 N–H and O–H groups in total. The molecule has 8 nitrogen and oxygen atoms in total. The molecular weight excluding hydrogens is 392 g/mol. The summed E-state index contributed by atoms with van der Waals surface area (Å²) in [6.07, 6.45) is -0.696. The Morgan fingerprint density at radius 3 is 2.37 bits per heavy atom. The Morgan fingerprint density at radius 2 is 1.80 bits per heavy atom. The highest BCUT2D eigenvalue weighted by atomic mass is 16.7. The molecule has 166 valence electrons. The molecule has 0 amide bonds. The zero-order valence-corrected chi connectivity index (χ0v) is 17.6. The predicted molar refractivity (Wildman–Crippen MR) is 107 cm³/mol. The molecule has 1 saturated heterocycles. The molecule has 2 heterocycles. The number of ether oxygens (including phenoxy) is 5. The van der Waals surface area contributed by atoms with Crippen LogP contribution in [0.25, 0.3) is 0 Å². The fraction of sp³-hybridized carbons (Fsp3) is 0.591.